The first kappa shape index (κ1) is 72.2. The number of nitrogens with zero attached hydrogens (tertiary/aromatic N) is 3. The van der Waals surface area contributed by atoms with Crippen LogP contribution in [0.3, 0.4) is 0 Å². The van der Waals surface area contributed by atoms with E-state index in [1.807, 2.05) is 109 Å². The van der Waals surface area contributed by atoms with Crippen LogP contribution in [-0.4, -0.2) is 38.8 Å². The number of anilines is 3. The van der Waals surface area contributed by atoms with Crippen LogP contribution in [0.25, 0.3) is 0 Å². The van der Waals surface area contributed by atoms with Gasteiger partial charge in [0.15, 0.2) is 5.78 Å². The van der Waals surface area contributed by atoms with Crippen LogP contribution in [0.15, 0.2) is 279 Å². The van der Waals surface area contributed by atoms with Gasteiger partial charge >= 0.3 is 0 Å². The van der Waals surface area contributed by atoms with Crippen molar-refractivity contribution in [3.8, 4) is 17.2 Å². The van der Waals surface area contributed by atoms with Crippen LogP contribution < -0.4 is 24.2 Å². The molecule has 528 valence electrons. The zero-order valence-corrected chi connectivity index (χ0v) is 56.2. The largest absolute Gasteiger partial charge is 0.508 e. The average Bonchev–Trinajstić information content (AvgIpc) is 0.754. The Balaban J connectivity index is 0.000000148. The average molecular weight is 1410 g/mol. The number of aromatic hydroxyl groups is 1. The van der Waals surface area contributed by atoms with Gasteiger partial charge in [0.25, 0.3) is 0 Å². The Kier molecular flexibility index (Phi) is 23.2. The molecule has 0 aromatic heterocycles. The molecule has 0 aliphatic carbocycles. The van der Waals surface area contributed by atoms with Gasteiger partial charge in [0.1, 0.15) is 65.4 Å². The van der Waals surface area contributed by atoms with Crippen molar-refractivity contribution in [1.29, 1.82) is 0 Å². The fraction of sp³-hybridized carbons (Fsp3) is 0.186. The molecule has 0 radical (unpaired) electrons. The normalized spacial score (nSPS) is 17.9. The molecular formula is C86H73F6N3O9. The third-order valence-corrected chi connectivity index (χ3v) is 19.0. The van der Waals surface area contributed by atoms with Crippen molar-refractivity contribution in [2.75, 3.05) is 14.7 Å². The van der Waals surface area contributed by atoms with Gasteiger partial charge in [-0.05, 0) is 229 Å². The Hall–Kier alpha value is -11.6. The molecule has 0 saturated carbocycles. The maximum atomic E-state index is 13.5. The molecule has 0 unspecified atom stereocenters. The lowest BCUT2D eigenvalue weighted by Crippen LogP contribution is -2.55. The maximum absolute atomic E-state index is 13.5. The highest BCUT2D eigenvalue weighted by atomic mass is 19.1. The number of ketones is 1. The number of Topliss-reactive ketones (excluding diaryl/α,β-unsaturated/α-hetero) is 1. The fourth-order valence-corrected chi connectivity index (χ4v) is 13.4. The number of aliphatic hydroxyl groups excluding tert-OH is 2. The molecule has 11 aromatic rings. The molecule has 3 amide bonds. The van der Waals surface area contributed by atoms with Crippen LogP contribution in [0.1, 0.15) is 118 Å². The molecule has 3 N–H and O–H groups in total. The van der Waals surface area contributed by atoms with Crippen LogP contribution in [0, 0.1) is 52.7 Å². The second-order valence-corrected chi connectivity index (χ2v) is 25.7. The highest BCUT2D eigenvalue weighted by Crippen LogP contribution is 2.50. The summed E-state index contributed by atoms with van der Waals surface area (Å²) in [6.45, 7) is 0.894. The molecular weight excluding hydrogens is 1330 g/mol. The molecule has 3 aliphatic rings. The minimum Gasteiger partial charge on any atom is -0.508 e. The summed E-state index contributed by atoms with van der Waals surface area (Å²) in [5.74, 6) is -2.30. The fourth-order valence-electron chi connectivity index (χ4n) is 13.4. The molecule has 3 saturated heterocycles. The van der Waals surface area contributed by atoms with Gasteiger partial charge in [-0.25, -0.2) is 26.3 Å². The second-order valence-electron chi connectivity index (χ2n) is 25.7. The lowest BCUT2D eigenvalue weighted by atomic mass is 9.78. The Morgan fingerprint density at radius 2 is 0.644 bits per heavy atom. The van der Waals surface area contributed by atoms with Gasteiger partial charge in [0, 0.05) is 29.0 Å². The summed E-state index contributed by atoms with van der Waals surface area (Å²) in [4.78, 5) is 57.0. The first-order chi connectivity index (χ1) is 50.4. The number of phenols is 1. The smallest absolute Gasteiger partial charge is 0.233 e. The van der Waals surface area contributed by atoms with E-state index in [1.54, 1.807) is 87.5 Å². The lowest BCUT2D eigenvalue weighted by Gasteiger charge is -2.48. The van der Waals surface area contributed by atoms with Gasteiger partial charge in [-0.1, -0.05) is 121 Å². The molecule has 18 heteroatoms. The SMILES string of the molecule is O=C(CC[C@H]1C(=O)N(c2ccc(F)cc2)[C@@H]1c1ccc(OCc2ccccc2)cc1)c1ccc(F)cc1.O=C1[C@H](CC[C@H](O)c2ccc(F)cc2)[C@@H](c2ccc(O)cc2)N1c1ccc(F)cc1.O=C1[C@H](CC[C@H](O)c2ccc(F)cc2)[C@@H](c2ccc(OCc3ccccc3)cc2)N1c1ccc(F)cc1. The molecule has 3 aliphatic heterocycles. The number of phenolic OH excluding ortho intramolecular Hbond substituents is 1. The quantitative estimate of drug-likeness (QED) is 0.0304. The van der Waals surface area contributed by atoms with Crippen molar-refractivity contribution >= 4 is 40.6 Å². The summed E-state index contributed by atoms with van der Waals surface area (Å²) >= 11 is 0. The molecule has 8 atom stereocenters. The second kappa shape index (κ2) is 33.5. The predicted molar refractivity (Wildman–Crippen MR) is 384 cm³/mol. The van der Waals surface area contributed by atoms with Crippen molar-refractivity contribution in [3.05, 3.63) is 358 Å². The zero-order valence-electron chi connectivity index (χ0n) is 56.2. The van der Waals surface area contributed by atoms with Crippen LogP contribution in [0.5, 0.6) is 17.2 Å². The highest BCUT2D eigenvalue weighted by Gasteiger charge is 2.51. The van der Waals surface area contributed by atoms with Crippen LogP contribution in [-0.2, 0) is 27.6 Å². The Morgan fingerprint density at radius 3 is 0.971 bits per heavy atom. The van der Waals surface area contributed by atoms with Crippen LogP contribution in [0.4, 0.5) is 43.4 Å². The van der Waals surface area contributed by atoms with E-state index < -0.39 is 23.9 Å². The molecule has 14 rings (SSSR count). The van der Waals surface area contributed by atoms with Crippen molar-refractivity contribution in [2.24, 2.45) is 17.8 Å². The minimum absolute atomic E-state index is 0.0766. The van der Waals surface area contributed by atoms with Crippen molar-refractivity contribution in [2.45, 2.75) is 82.1 Å². The van der Waals surface area contributed by atoms with Crippen molar-refractivity contribution in [1.82, 2.24) is 0 Å². The van der Waals surface area contributed by atoms with Crippen molar-refractivity contribution < 1.29 is 70.3 Å². The molecule has 3 heterocycles. The lowest BCUT2D eigenvalue weighted by molar-refractivity contribution is -0.131. The van der Waals surface area contributed by atoms with Crippen molar-refractivity contribution in [3.63, 3.8) is 0 Å². The van der Waals surface area contributed by atoms with Crippen LogP contribution in [0.2, 0.25) is 0 Å². The highest BCUT2D eigenvalue weighted by molar-refractivity contribution is 6.05. The number of β-lactam (4-membered cyclic amide) rings is 3. The Morgan fingerprint density at radius 1 is 0.356 bits per heavy atom. The Labute approximate surface area is 598 Å². The molecule has 104 heavy (non-hydrogen) atoms. The Bertz CT molecular complexity index is 4660. The summed E-state index contributed by atoms with van der Waals surface area (Å²) in [5, 5.41) is 30.7. The van der Waals surface area contributed by atoms with Gasteiger partial charge < -0.3 is 39.5 Å². The van der Waals surface area contributed by atoms with E-state index in [2.05, 4.69) is 0 Å². The predicted octanol–water partition coefficient (Wildman–Crippen LogP) is 18.6. The first-order valence-electron chi connectivity index (χ1n) is 34.2. The number of amides is 3. The van der Waals surface area contributed by atoms with Gasteiger partial charge in [-0.15, -0.1) is 0 Å². The zero-order chi connectivity index (χ0) is 72.8. The van der Waals surface area contributed by atoms with E-state index in [0.717, 1.165) is 33.6 Å². The van der Waals surface area contributed by atoms with Gasteiger partial charge in [-0.2, -0.15) is 0 Å². The third kappa shape index (κ3) is 17.5. The van der Waals surface area contributed by atoms with E-state index in [4.69, 9.17) is 9.47 Å². The summed E-state index contributed by atoms with van der Waals surface area (Å²) in [7, 11) is 0. The van der Waals surface area contributed by atoms with E-state index in [-0.39, 0.29) is 94.7 Å². The number of hydrogen-bond acceptors (Lipinski definition) is 9. The summed E-state index contributed by atoms with van der Waals surface area (Å²) in [5.41, 5.74) is 8.24. The number of rotatable bonds is 24. The van der Waals surface area contributed by atoms with E-state index >= 15 is 0 Å². The number of hydrogen-bond donors (Lipinski definition) is 3. The number of carbonyl (C=O) groups excluding carboxylic acids is 4. The molecule has 12 nitrogen and oxygen atoms in total. The maximum Gasteiger partial charge on any atom is 0.233 e. The molecule has 3 fully saturated rings. The molecule has 0 spiro atoms. The topological polar surface area (TPSA) is 157 Å². The first-order valence-corrected chi connectivity index (χ1v) is 34.2. The number of aliphatic hydroxyl groups is 2. The third-order valence-electron chi connectivity index (χ3n) is 19.0. The van der Waals surface area contributed by atoms with Gasteiger partial charge in [-0.3, -0.25) is 19.2 Å². The monoisotopic (exact) mass is 1410 g/mol. The number of carbonyl (C=O) groups is 4. The van der Waals surface area contributed by atoms with E-state index in [9.17, 15) is 60.8 Å². The summed E-state index contributed by atoms with van der Waals surface area (Å²) < 4.78 is 91.7. The van der Waals surface area contributed by atoms with E-state index in [0.29, 0.717) is 84.8 Å². The van der Waals surface area contributed by atoms with Crippen LogP contribution >= 0.6 is 0 Å². The molecule has 0 bridgehead atoms. The summed E-state index contributed by atoms with van der Waals surface area (Å²) in [6.07, 6.45) is 0.480. The number of ether oxygens (including phenoxy) is 2. The van der Waals surface area contributed by atoms with E-state index in [1.165, 1.54) is 97.1 Å². The number of halogens is 6. The standard InChI is InChI=1S/C31H27F2NO3.C31H25F2NO3.C24H21F2NO3/c2*32-24-10-6-22(7-11-24)29(35)19-18-28-30(34(31(28)36)26-14-12-25(33)13-15-26)23-8-16-27(17-9-23)37-20-21-4-2-1-3-5-21;25-17-5-1-15(2-6-17)22(29)14-13-21-23(16-3-11-20(28)12-4-16)27(24(21)30)19-9-7-18(26)8-10-19/h1-17,28-30,35H,18-20H2;1-17,28,30H,18-20H2;1-12,21-23,28-29H,13-14H2/t28-,29+,30-;28-,30-;21-,22+,23-/m111/s1. The number of benzene rings is 11. The molecule has 11 aromatic carbocycles. The van der Waals surface area contributed by atoms with Gasteiger partial charge in [0.2, 0.25) is 17.7 Å². The minimum atomic E-state index is -0.807. The summed E-state index contributed by atoms with van der Waals surface area (Å²) in [6, 6.07) is 75.0. The van der Waals surface area contributed by atoms with Gasteiger partial charge in [0.05, 0.1) is 48.1 Å².